The smallest absolute Gasteiger partial charge is 0.255 e. The molecule has 2 fully saturated rings. The monoisotopic (exact) mass is 156 g/mol. The summed E-state index contributed by atoms with van der Waals surface area (Å²) in [7, 11) is 0. The molecule has 2 aliphatic heterocycles. The maximum absolute atomic E-state index is 11.2. The van der Waals surface area contributed by atoms with Crippen molar-refractivity contribution in [2.75, 3.05) is 19.6 Å². The van der Waals surface area contributed by atoms with E-state index in [1.165, 1.54) is 0 Å². The highest BCUT2D eigenvalue weighted by atomic mass is 16.2. The first kappa shape index (κ1) is 7.02. The van der Waals surface area contributed by atoms with Gasteiger partial charge in [-0.05, 0) is 0 Å². The van der Waals surface area contributed by atoms with Gasteiger partial charge in [-0.15, -0.1) is 0 Å². The molecule has 0 radical (unpaired) electrons. The average molecular weight is 156 g/mol. The average Bonchev–Trinajstić information content (AvgIpc) is 2.37. The molecule has 2 rings (SSSR count). The quantitative estimate of drug-likeness (QED) is 0.414. The van der Waals surface area contributed by atoms with E-state index in [1.807, 2.05) is 5.01 Å². The summed E-state index contributed by atoms with van der Waals surface area (Å²) < 4.78 is 0. The van der Waals surface area contributed by atoms with Crippen LogP contribution in [-0.4, -0.2) is 47.6 Å². The van der Waals surface area contributed by atoms with E-state index in [0.717, 1.165) is 6.54 Å². The predicted molar refractivity (Wildman–Crippen MR) is 39.2 cm³/mol. The molecule has 2 atom stereocenters. The molecule has 2 unspecified atom stereocenters. The van der Waals surface area contributed by atoms with Gasteiger partial charge in [-0.3, -0.25) is 9.80 Å². The first-order valence-electron chi connectivity index (χ1n) is 3.76. The van der Waals surface area contributed by atoms with Crippen LogP contribution in [0.2, 0.25) is 0 Å². The Morgan fingerprint density at radius 2 is 2.00 bits per heavy atom. The lowest BCUT2D eigenvalue weighted by atomic mass is 10.2. The molecule has 11 heavy (non-hydrogen) atoms. The summed E-state index contributed by atoms with van der Waals surface area (Å²) in [5, 5.41) is 3.59. The zero-order valence-corrected chi connectivity index (χ0v) is 6.23. The third-order valence-corrected chi connectivity index (χ3v) is 2.17. The molecule has 0 aromatic rings. The van der Waals surface area contributed by atoms with Crippen LogP contribution in [0.1, 0.15) is 0 Å². The summed E-state index contributed by atoms with van der Waals surface area (Å²) in [4.78, 5) is 11.2. The van der Waals surface area contributed by atoms with Gasteiger partial charge in [-0.1, -0.05) is 0 Å². The van der Waals surface area contributed by atoms with Crippen LogP contribution < -0.4 is 11.5 Å². The van der Waals surface area contributed by atoms with Gasteiger partial charge in [0.2, 0.25) is 0 Å². The largest absolute Gasteiger partial charge is 0.325 e. The molecule has 0 aromatic carbocycles. The second-order valence-corrected chi connectivity index (χ2v) is 3.16. The second kappa shape index (κ2) is 2.17. The molecule has 5 heteroatoms. The van der Waals surface area contributed by atoms with E-state index in [2.05, 4.69) is 0 Å². The number of hydrogen-bond acceptors (Lipinski definition) is 4. The Balaban J connectivity index is 2.13. The van der Waals surface area contributed by atoms with Crippen LogP contribution in [0.15, 0.2) is 0 Å². The van der Waals surface area contributed by atoms with E-state index >= 15 is 0 Å². The normalized spacial score (nSPS) is 38.4. The van der Waals surface area contributed by atoms with E-state index in [9.17, 15) is 4.79 Å². The second-order valence-electron chi connectivity index (χ2n) is 3.16. The molecule has 1 amide bonds. The summed E-state index contributed by atoms with van der Waals surface area (Å²) in [6, 6.07) is -0.228. The predicted octanol–water partition coefficient (Wildman–Crippen LogP) is -2.29. The fourth-order valence-corrected chi connectivity index (χ4v) is 1.66. The van der Waals surface area contributed by atoms with Crippen molar-refractivity contribution in [3.05, 3.63) is 0 Å². The molecule has 2 saturated heterocycles. The molecule has 0 aromatic heterocycles. The fourth-order valence-electron chi connectivity index (χ4n) is 1.66. The number of carbonyl (C=O) groups excluding carboxylic acids is 1. The number of hydrogen-bond donors (Lipinski definition) is 2. The van der Waals surface area contributed by atoms with Crippen LogP contribution in [-0.2, 0) is 4.79 Å². The highest BCUT2D eigenvalue weighted by Gasteiger charge is 2.41. The topological polar surface area (TPSA) is 75.6 Å². The Morgan fingerprint density at radius 1 is 1.27 bits per heavy atom. The number of amides is 1. The molecule has 4 N–H and O–H groups in total. The van der Waals surface area contributed by atoms with Crippen molar-refractivity contribution in [3.8, 4) is 0 Å². The van der Waals surface area contributed by atoms with Crippen LogP contribution >= 0.6 is 0 Å². The molecule has 0 aliphatic carbocycles. The molecule has 2 heterocycles. The number of nitrogens with two attached hydrogens (primary N) is 2. The molecule has 0 bridgehead atoms. The van der Waals surface area contributed by atoms with E-state index in [1.54, 1.807) is 5.01 Å². The first-order chi connectivity index (χ1) is 5.18. The van der Waals surface area contributed by atoms with Gasteiger partial charge in [-0.2, -0.15) is 0 Å². The molecule has 62 valence electrons. The maximum atomic E-state index is 11.2. The summed E-state index contributed by atoms with van der Waals surface area (Å²) in [5.74, 6) is 0.0120. The van der Waals surface area contributed by atoms with Crippen molar-refractivity contribution in [1.29, 1.82) is 0 Å². The Bertz CT molecular complexity index is 195. The van der Waals surface area contributed by atoms with E-state index in [4.69, 9.17) is 11.5 Å². The number of nitrogens with zero attached hydrogens (tertiary/aromatic N) is 2. The lowest BCUT2D eigenvalue weighted by molar-refractivity contribution is -0.134. The maximum Gasteiger partial charge on any atom is 0.255 e. The Kier molecular flexibility index (Phi) is 1.38. The SMILES string of the molecule is NC1CN2CC(N)C(=O)N2C1. The van der Waals surface area contributed by atoms with Gasteiger partial charge in [0, 0.05) is 19.1 Å². The van der Waals surface area contributed by atoms with Gasteiger partial charge in [0.05, 0.1) is 6.54 Å². The van der Waals surface area contributed by atoms with Crippen molar-refractivity contribution in [2.24, 2.45) is 11.5 Å². The third kappa shape index (κ3) is 0.926. The zero-order chi connectivity index (χ0) is 8.01. The highest BCUT2D eigenvalue weighted by Crippen LogP contribution is 2.17. The summed E-state index contributed by atoms with van der Waals surface area (Å²) >= 11 is 0. The van der Waals surface area contributed by atoms with Crippen LogP contribution in [0.25, 0.3) is 0 Å². The van der Waals surface area contributed by atoms with Gasteiger partial charge in [0.1, 0.15) is 6.04 Å². The fraction of sp³-hybridized carbons (Fsp3) is 0.833. The van der Waals surface area contributed by atoms with E-state index < -0.39 is 0 Å². The first-order valence-corrected chi connectivity index (χ1v) is 3.76. The minimum atomic E-state index is -0.331. The zero-order valence-electron chi connectivity index (χ0n) is 6.23. The van der Waals surface area contributed by atoms with E-state index in [-0.39, 0.29) is 18.0 Å². The molecule has 2 aliphatic rings. The van der Waals surface area contributed by atoms with Crippen molar-refractivity contribution in [3.63, 3.8) is 0 Å². The lowest BCUT2D eigenvalue weighted by Gasteiger charge is -2.16. The van der Waals surface area contributed by atoms with Gasteiger partial charge in [-0.25, -0.2) is 5.01 Å². The Morgan fingerprint density at radius 3 is 2.64 bits per heavy atom. The van der Waals surface area contributed by atoms with Gasteiger partial charge in [0.25, 0.3) is 5.91 Å². The van der Waals surface area contributed by atoms with Crippen LogP contribution in [0.4, 0.5) is 0 Å². The van der Waals surface area contributed by atoms with Crippen molar-refractivity contribution < 1.29 is 4.79 Å². The summed E-state index contributed by atoms with van der Waals surface area (Å²) in [5.41, 5.74) is 11.2. The number of hydrazine groups is 1. The van der Waals surface area contributed by atoms with Crippen molar-refractivity contribution in [2.45, 2.75) is 12.1 Å². The van der Waals surface area contributed by atoms with Gasteiger partial charge >= 0.3 is 0 Å². The minimum absolute atomic E-state index is 0.0120. The Hall–Kier alpha value is -0.650. The summed E-state index contributed by atoms with van der Waals surface area (Å²) in [6.07, 6.45) is 0. The number of fused-ring (bicyclic) bond motifs is 1. The van der Waals surface area contributed by atoms with Crippen molar-refractivity contribution in [1.82, 2.24) is 10.0 Å². The summed E-state index contributed by atoms with van der Waals surface area (Å²) in [6.45, 7) is 2.03. The molecule has 5 nitrogen and oxygen atoms in total. The number of rotatable bonds is 0. The van der Waals surface area contributed by atoms with Crippen LogP contribution in [0.3, 0.4) is 0 Å². The highest BCUT2D eigenvalue weighted by molar-refractivity contribution is 5.83. The molecule has 0 spiro atoms. The van der Waals surface area contributed by atoms with Gasteiger partial charge < -0.3 is 11.5 Å². The molecule has 0 saturated carbocycles. The van der Waals surface area contributed by atoms with Crippen LogP contribution in [0, 0.1) is 0 Å². The van der Waals surface area contributed by atoms with E-state index in [0.29, 0.717) is 13.1 Å². The minimum Gasteiger partial charge on any atom is -0.325 e. The van der Waals surface area contributed by atoms with Crippen LogP contribution in [0.5, 0.6) is 0 Å². The lowest BCUT2D eigenvalue weighted by Crippen LogP contribution is -2.38. The molecular weight excluding hydrogens is 144 g/mol. The third-order valence-electron chi connectivity index (χ3n) is 2.17. The standard InChI is InChI=1S/C6H12N4O/c7-4-1-9-3-5(8)6(11)10(9)2-4/h4-5H,1-3,7-8H2. The number of carbonyl (C=O) groups is 1. The molecular formula is C6H12N4O. The Labute approximate surface area is 64.9 Å². The van der Waals surface area contributed by atoms with Gasteiger partial charge in [0.15, 0.2) is 0 Å². The van der Waals surface area contributed by atoms with Crippen molar-refractivity contribution >= 4 is 5.91 Å².